The predicted molar refractivity (Wildman–Crippen MR) is 110 cm³/mol. The summed E-state index contributed by atoms with van der Waals surface area (Å²) in [6.45, 7) is 3.65. The Labute approximate surface area is 165 Å². The number of carbonyl (C=O) groups is 2. The van der Waals surface area contributed by atoms with Gasteiger partial charge in [-0.3, -0.25) is 9.59 Å². The van der Waals surface area contributed by atoms with Crippen LogP contribution in [0.25, 0.3) is 10.1 Å². The van der Waals surface area contributed by atoms with E-state index in [9.17, 15) is 9.59 Å². The normalized spacial score (nSPS) is 11.0. The van der Waals surface area contributed by atoms with E-state index in [1.165, 1.54) is 11.3 Å². The highest BCUT2D eigenvalue weighted by atomic mass is 35.5. The summed E-state index contributed by atoms with van der Waals surface area (Å²) < 4.78 is 0.861. The van der Waals surface area contributed by atoms with Crippen molar-refractivity contribution in [2.24, 2.45) is 5.92 Å². The molecule has 3 aromatic rings. The summed E-state index contributed by atoms with van der Waals surface area (Å²) in [7, 11) is 0. The highest BCUT2D eigenvalue weighted by Crippen LogP contribution is 2.37. The zero-order chi connectivity index (χ0) is 18.8. The van der Waals surface area contributed by atoms with Crippen LogP contribution in [0.15, 0.2) is 42.5 Å². The second-order valence-electron chi connectivity index (χ2n) is 6.06. The molecular weight excluding hydrogens is 391 g/mol. The third kappa shape index (κ3) is 4.01. The molecule has 2 amide bonds. The van der Waals surface area contributed by atoms with E-state index >= 15 is 0 Å². The zero-order valence-corrected chi connectivity index (χ0v) is 16.4. The van der Waals surface area contributed by atoms with Crippen molar-refractivity contribution >= 4 is 67.8 Å². The van der Waals surface area contributed by atoms with Crippen molar-refractivity contribution in [3.05, 3.63) is 57.4 Å². The first-order valence-corrected chi connectivity index (χ1v) is 9.52. The Hall–Kier alpha value is -2.08. The number of hydrogen-bond donors (Lipinski definition) is 2. The molecule has 0 atom stereocenters. The van der Waals surface area contributed by atoms with Crippen LogP contribution in [0.5, 0.6) is 0 Å². The molecule has 4 nitrogen and oxygen atoms in total. The molecule has 0 spiro atoms. The monoisotopic (exact) mass is 406 g/mol. The van der Waals surface area contributed by atoms with Gasteiger partial charge in [-0.2, -0.15) is 0 Å². The summed E-state index contributed by atoms with van der Waals surface area (Å²) in [4.78, 5) is 24.7. The van der Waals surface area contributed by atoms with E-state index in [1.54, 1.807) is 42.5 Å². The van der Waals surface area contributed by atoms with Gasteiger partial charge in [0.05, 0.1) is 5.02 Å². The highest BCUT2D eigenvalue weighted by molar-refractivity contribution is 7.21. The van der Waals surface area contributed by atoms with E-state index in [-0.39, 0.29) is 17.7 Å². The molecule has 1 aromatic heterocycles. The maximum absolute atomic E-state index is 12.6. The van der Waals surface area contributed by atoms with Gasteiger partial charge in [-0.05, 0) is 36.4 Å². The Bertz CT molecular complexity index is 981. The van der Waals surface area contributed by atoms with Crippen LogP contribution in [0.1, 0.15) is 23.5 Å². The lowest BCUT2D eigenvalue weighted by Gasteiger charge is -2.09. The molecule has 26 heavy (non-hydrogen) atoms. The molecular formula is C19H16Cl2N2O2S. The van der Waals surface area contributed by atoms with Gasteiger partial charge in [0.2, 0.25) is 5.91 Å². The quantitative estimate of drug-likeness (QED) is 0.553. The lowest BCUT2D eigenvalue weighted by Crippen LogP contribution is -2.17. The molecule has 0 saturated carbocycles. The molecule has 7 heteroatoms. The summed E-state index contributed by atoms with van der Waals surface area (Å²) in [5, 5.41) is 7.44. The smallest absolute Gasteiger partial charge is 0.267 e. The third-order valence-electron chi connectivity index (χ3n) is 3.73. The SMILES string of the molecule is CC(C)C(=O)Nc1ccc(NC(=O)c2sc3cc(Cl)ccc3c2Cl)cc1. The first kappa shape index (κ1) is 18.7. The standard InChI is InChI=1S/C19H16Cl2N2O2S/c1-10(2)18(24)22-12-4-6-13(7-5-12)23-19(25)17-16(21)14-8-3-11(20)9-15(14)26-17/h3-10H,1-2H3,(H,22,24)(H,23,25). The first-order valence-electron chi connectivity index (χ1n) is 7.95. The third-order valence-corrected chi connectivity index (χ3v) is 5.62. The lowest BCUT2D eigenvalue weighted by atomic mass is 10.2. The summed E-state index contributed by atoms with van der Waals surface area (Å²) in [6, 6.07) is 12.3. The van der Waals surface area contributed by atoms with Crippen LogP contribution < -0.4 is 10.6 Å². The van der Waals surface area contributed by atoms with Crippen LogP contribution in [0.2, 0.25) is 10.0 Å². The van der Waals surface area contributed by atoms with Crippen LogP contribution in [-0.2, 0) is 4.79 Å². The van der Waals surface area contributed by atoms with Gasteiger partial charge in [0.15, 0.2) is 0 Å². The molecule has 1 heterocycles. The number of anilines is 2. The number of halogens is 2. The summed E-state index contributed by atoms with van der Waals surface area (Å²) in [5.74, 6) is -0.443. The van der Waals surface area contributed by atoms with Gasteiger partial charge in [0, 0.05) is 32.4 Å². The molecule has 0 radical (unpaired) electrons. The van der Waals surface area contributed by atoms with Crippen molar-refractivity contribution in [3.63, 3.8) is 0 Å². The van der Waals surface area contributed by atoms with Crippen molar-refractivity contribution in [2.45, 2.75) is 13.8 Å². The average Bonchev–Trinajstić information content (AvgIpc) is 2.92. The van der Waals surface area contributed by atoms with Crippen molar-refractivity contribution in [2.75, 3.05) is 10.6 Å². The molecule has 0 fully saturated rings. The second kappa shape index (κ2) is 7.66. The maximum Gasteiger partial charge on any atom is 0.267 e. The minimum atomic E-state index is -0.286. The van der Waals surface area contributed by atoms with Gasteiger partial charge >= 0.3 is 0 Å². The summed E-state index contributed by atoms with van der Waals surface area (Å²) in [5.41, 5.74) is 1.29. The number of amides is 2. The molecule has 0 aliphatic rings. The Kier molecular flexibility index (Phi) is 5.51. The average molecular weight is 407 g/mol. The number of nitrogens with one attached hydrogen (secondary N) is 2. The van der Waals surface area contributed by atoms with Crippen LogP contribution in [0, 0.1) is 5.92 Å². The Balaban J connectivity index is 1.76. The summed E-state index contributed by atoms with van der Waals surface area (Å²) in [6.07, 6.45) is 0. The van der Waals surface area contributed by atoms with Gasteiger partial charge in [-0.25, -0.2) is 0 Å². The van der Waals surface area contributed by atoms with Gasteiger partial charge in [-0.1, -0.05) is 43.1 Å². The van der Waals surface area contributed by atoms with E-state index < -0.39 is 0 Å². The van der Waals surface area contributed by atoms with Crippen molar-refractivity contribution in [3.8, 4) is 0 Å². The highest BCUT2D eigenvalue weighted by Gasteiger charge is 2.17. The lowest BCUT2D eigenvalue weighted by molar-refractivity contribution is -0.118. The second-order valence-corrected chi connectivity index (χ2v) is 7.93. The largest absolute Gasteiger partial charge is 0.326 e. The minimum absolute atomic E-state index is 0.0579. The number of carbonyl (C=O) groups excluding carboxylic acids is 2. The fourth-order valence-electron chi connectivity index (χ4n) is 2.30. The molecule has 2 aromatic carbocycles. The van der Waals surface area contributed by atoms with Gasteiger partial charge < -0.3 is 10.6 Å². The fraction of sp³-hybridized carbons (Fsp3) is 0.158. The Morgan fingerprint density at radius 1 is 0.962 bits per heavy atom. The molecule has 2 N–H and O–H groups in total. The molecule has 0 saturated heterocycles. The number of thiophene rings is 1. The molecule has 0 bridgehead atoms. The zero-order valence-electron chi connectivity index (χ0n) is 14.1. The number of fused-ring (bicyclic) bond motifs is 1. The van der Waals surface area contributed by atoms with Crippen LogP contribution in [0.4, 0.5) is 11.4 Å². The molecule has 0 aliphatic heterocycles. The minimum Gasteiger partial charge on any atom is -0.326 e. The van der Waals surface area contributed by atoms with E-state index in [4.69, 9.17) is 23.2 Å². The van der Waals surface area contributed by atoms with E-state index in [0.29, 0.717) is 26.3 Å². The number of benzene rings is 2. The molecule has 0 aliphatic carbocycles. The predicted octanol–water partition coefficient (Wildman–Crippen LogP) is 6.05. The first-order chi connectivity index (χ1) is 12.3. The maximum atomic E-state index is 12.6. The van der Waals surface area contributed by atoms with Crippen molar-refractivity contribution in [1.82, 2.24) is 0 Å². The number of rotatable bonds is 4. The fourth-order valence-corrected chi connectivity index (χ4v) is 3.98. The van der Waals surface area contributed by atoms with Gasteiger partial charge in [0.1, 0.15) is 4.88 Å². The van der Waals surface area contributed by atoms with Crippen molar-refractivity contribution in [1.29, 1.82) is 0 Å². The van der Waals surface area contributed by atoms with E-state index in [1.807, 2.05) is 13.8 Å². The van der Waals surface area contributed by atoms with Crippen LogP contribution in [-0.4, -0.2) is 11.8 Å². The van der Waals surface area contributed by atoms with Gasteiger partial charge in [-0.15, -0.1) is 11.3 Å². The molecule has 0 unspecified atom stereocenters. The van der Waals surface area contributed by atoms with E-state index in [0.717, 1.165) is 10.1 Å². The summed E-state index contributed by atoms with van der Waals surface area (Å²) >= 11 is 13.6. The van der Waals surface area contributed by atoms with Crippen LogP contribution >= 0.6 is 34.5 Å². The Morgan fingerprint density at radius 2 is 1.58 bits per heavy atom. The molecule has 3 rings (SSSR count). The topological polar surface area (TPSA) is 58.2 Å². The number of hydrogen-bond acceptors (Lipinski definition) is 3. The van der Waals surface area contributed by atoms with Crippen molar-refractivity contribution < 1.29 is 9.59 Å². The Morgan fingerprint density at radius 3 is 2.19 bits per heavy atom. The van der Waals surface area contributed by atoms with Gasteiger partial charge in [0.25, 0.3) is 5.91 Å². The molecule has 134 valence electrons. The van der Waals surface area contributed by atoms with E-state index in [2.05, 4.69) is 10.6 Å². The van der Waals surface area contributed by atoms with Crippen LogP contribution in [0.3, 0.4) is 0 Å².